The Kier molecular flexibility index (Phi) is 6.55. The molecular formula is C29H25BrCl2N2O6. The van der Waals surface area contributed by atoms with Crippen LogP contribution in [-0.2, 0) is 19.2 Å². The number of nitrogens with zero attached hydrogens (tertiary/aromatic N) is 2. The summed E-state index contributed by atoms with van der Waals surface area (Å²) in [5, 5.41) is 11.3. The van der Waals surface area contributed by atoms with Gasteiger partial charge in [-0.3, -0.25) is 29.0 Å². The summed E-state index contributed by atoms with van der Waals surface area (Å²) in [6.45, 7) is 2.05. The van der Waals surface area contributed by atoms with Gasteiger partial charge in [-0.05, 0) is 43.9 Å². The Hall–Kier alpha value is -2.88. The molecule has 6 rings (SSSR count). The molecule has 2 aliphatic heterocycles. The van der Waals surface area contributed by atoms with Crippen LogP contribution in [0.4, 0.5) is 5.69 Å². The number of halogens is 3. The molecule has 2 heterocycles. The second-order valence-corrected chi connectivity index (χ2v) is 12.2. The minimum absolute atomic E-state index is 0.122. The van der Waals surface area contributed by atoms with Gasteiger partial charge in [-0.15, -0.1) is 23.2 Å². The van der Waals surface area contributed by atoms with Crippen LogP contribution < -0.4 is 9.64 Å². The number of phenols is 1. The second kappa shape index (κ2) is 9.60. The number of alkyl halides is 3. The zero-order valence-electron chi connectivity index (χ0n) is 21.4. The number of hydrogen-bond donors (Lipinski definition) is 1. The number of hydrogen-bond acceptors (Lipinski definition) is 6. The first-order valence-electron chi connectivity index (χ1n) is 13.0. The third-order valence-electron chi connectivity index (χ3n) is 8.67. The van der Waals surface area contributed by atoms with Crippen LogP contribution in [0.3, 0.4) is 0 Å². The summed E-state index contributed by atoms with van der Waals surface area (Å²) in [5.41, 5.74) is 1.20. The van der Waals surface area contributed by atoms with Crippen molar-refractivity contribution in [1.82, 2.24) is 4.90 Å². The zero-order chi connectivity index (χ0) is 28.6. The molecule has 0 aromatic heterocycles. The second-order valence-electron chi connectivity index (χ2n) is 10.5. The van der Waals surface area contributed by atoms with Gasteiger partial charge in [-0.25, -0.2) is 0 Å². The molecule has 1 saturated carbocycles. The predicted molar refractivity (Wildman–Crippen MR) is 152 cm³/mol. The number of rotatable bonds is 5. The van der Waals surface area contributed by atoms with Gasteiger partial charge in [0.15, 0.2) is 21.2 Å². The summed E-state index contributed by atoms with van der Waals surface area (Å²) < 4.78 is 5.61. The fraction of sp³-hybridized carbons (Fsp3) is 0.379. The van der Waals surface area contributed by atoms with Gasteiger partial charge in [0.1, 0.15) is 0 Å². The van der Waals surface area contributed by atoms with Gasteiger partial charge in [0.2, 0.25) is 11.8 Å². The number of carbonyl (C=O) groups excluding carboxylic acids is 4. The number of allylic oxidation sites excluding steroid dienone is 2. The lowest BCUT2D eigenvalue weighted by Gasteiger charge is -2.50. The van der Waals surface area contributed by atoms with E-state index in [4.69, 9.17) is 27.9 Å². The third kappa shape index (κ3) is 3.43. The third-order valence-corrected chi connectivity index (χ3v) is 10.6. The first kappa shape index (κ1) is 27.3. The average Bonchev–Trinajstić information content (AvgIpc) is 3.28. The number of likely N-dealkylation sites (tertiary alicyclic amines) is 1. The van der Waals surface area contributed by atoms with Crippen molar-refractivity contribution in [1.29, 1.82) is 0 Å². The summed E-state index contributed by atoms with van der Waals surface area (Å²) in [4.78, 5) is 53.3. The van der Waals surface area contributed by atoms with Crippen LogP contribution >= 0.6 is 39.1 Å². The fourth-order valence-electron chi connectivity index (χ4n) is 6.97. The lowest BCUT2D eigenvalue weighted by atomic mass is 9.56. The van der Waals surface area contributed by atoms with Crippen LogP contribution in [0.25, 0.3) is 0 Å². The van der Waals surface area contributed by atoms with Gasteiger partial charge in [0.05, 0.1) is 29.6 Å². The highest BCUT2D eigenvalue weighted by molar-refractivity contribution is 9.09. The summed E-state index contributed by atoms with van der Waals surface area (Å²) >= 11 is 17.6. The topological polar surface area (TPSA) is 104 Å². The maximum Gasteiger partial charge on any atom is 0.254 e. The lowest BCUT2D eigenvalue weighted by Crippen LogP contribution is -2.60. The number of phenolic OH excluding ortho intramolecular Hbond substituents is 1. The maximum atomic E-state index is 14.0. The Balaban J connectivity index is 1.54. The zero-order valence-corrected chi connectivity index (χ0v) is 24.4. The number of benzene rings is 2. The Morgan fingerprint density at radius 1 is 1.00 bits per heavy atom. The largest absolute Gasteiger partial charge is 0.504 e. The molecule has 208 valence electrons. The van der Waals surface area contributed by atoms with E-state index in [0.717, 1.165) is 4.90 Å². The molecule has 8 nitrogen and oxygen atoms in total. The molecule has 11 heteroatoms. The van der Waals surface area contributed by atoms with Gasteiger partial charge in [-0.2, -0.15) is 0 Å². The summed E-state index contributed by atoms with van der Waals surface area (Å²) in [6.07, 6.45) is 1.95. The molecule has 2 aromatic rings. The minimum atomic E-state index is -2.00. The number of imide groups is 2. The van der Waals surface area contributed by atoms with E-state index < -0.39 is 45.2 Å². The van der Waals surface area contributed by atoms with E-state index in [1.54, 1.807) is 55.5 Å². The van der Waals surface area contributed by atoms with E-state index in [-0.39, 0.29) is 53.8 Å². The van der Waals surface area contributed by atoms with Crippen LogP contribution in [0.2, 0.25) is 0 Å². The Morgan fingerprint density at radius 2 is 1.73 bits per heavy atom. The molecule has 40 heavy (non-hydrogen) atoms. The Morgan fingerprint density at radius 3 is 2.40 bits per heavy atom. The van der Waals surface area contributed by atoms with E-state index in [9.17, 15) is 24.3 Å². The van der Waals surface area contributed by atoms with Crippen molar-refractivity contribution in [3.63, 3.8) is 0 Å². The Labute approximate surface area is 249 Å². The lowest BCUT2D eigenvalue weighted by molar-refractivity contribution is -0.138. The number of ether oxygens (including phenoxy) is 1. The molecule has 0 bridgehead atoms. The first-order valence-corrected chi connectivity index (χ1v) is 14.9. The molecule has 1 N–H and O–H groups in total. The van der Waals surface area contributed by atoms with Crippen LogP contribution in [0.15, 0.2) is 60.2 Å². The number of aromatic hydroxyl groups is 1. The maximum absolute atomic E-state index is 14.0. The molecule has 4 amide bonds. The highest BCUT2D eigenvalue weighted by Gasteiger charge is 2.76. The van der Waals surface area contributed by atoms with Gasteiger partial charge in [0, 0.05) is 11.5 Å². The number of para-hydroxylation sites is 2. The average molecular weight is 648 g/mol. The van der Waals surface area contributed by atoms with Crippen molar-refractivity contribution in [2.75, 3.05) is 17.0 Å². The number of fused-ring (bicyclic) bond motifs is 4. The molecule has 0 radical (unpaired) electrons. The van der Waals surface area contributed by atoms with Crippen molar-refractivity contribution in [2.45, 2.75) is 35.4 Å². The van der Waals surface area contributed by atoms with Crippen LogP contribution in [0.5, 0.6) is 11.5 Å². The van der Waals surface area contributed by atoms with Gasteiger partial charge >= 0.3 is 0 Å². The van der Waals surface area contributed by atoms with Crippen molar-refractivity contribution in [3.05, 3.63) is 65.7 Å². The fourth-order valence-corrected chi connectivity index (χ4v) is 8.39. The Bertz CT molecular complexity index is 1480. The number of anilines is 1. The summed E-state index contributed by atoms with van der Waals surface area (Å²) in [7, 11) is 0. The molecule has 2 aromatic carbocycles. The van der Waals surface area contributed by atoms with E-state index in [2.05, 4.69) is 15.9 Å². The van der Waals surface area contributed by atoms with Crippen molar-refractivity contribution < 1.29 is 29.0 Å². The van der Waals surface area contributed by atoms with Crippen molar-refractivity contribution in [2.24, 2.45) is 17.8 Å². The molecule has 2 saturated heterocycles. The molecule has 0 spiro atoms. The molecular weight excluding hydrogens is 623 g/mol. The van der Waals surface area contributed by atoms with Crippen molar-refractivity contribution in [3.8, 4) is 11.5 Å². The smallest absolute Gasteiger partial charge is 0.254 e. The number of carbonyl (C=O) groups is 4. The van der Waals surface area contributed by atoms with Crippen LogP contribution in [0.1, 0.15) is 31.2 Å². The highest BCUT2D eigenvalue weighted by atomic mass is 79.9. The summed E-state index contributed by atoms with van der Waals surface area (Å²) in [5.74, 6) is -5.36. The van der Waals surface area contributed by atoms with Crippen LogP contribution in [-0.4, -0.2) is 55.4 Å². The highest BCUT2D eigenvalue weighted by Crippen LogP contribution is 2.66. The molecule has 4 aliphatic rings. The predicted octanol–water partition coefficient (Wildman–Crippen LogP) is 4.71. The summed E-state index contributed by atoms with van der Waals surface area (Å²) in [6, 6.07) is 13.6. The van der Waals surface area contributed by atoms with Gasteiger partial charge < -0.3 is 9.84 Å². The SMILES string of the molecule is CCOc1cccc(C2C3=CCC4C(=O)N(c5ccccc5)C(=O)C4C3CC3(Cl)C(=O)N(CBr)C(=O)C23Cl)c1O. The molecule has 6 unspecified atom stereocenters. The van der Waals surface area contributed by atoms with Crippen molar-refractivity contribution >= 4 is 68.4 Å². The van der Waals surface area contributed by atoms with E-state index in [0.29, 0.717) is 11.3 Å². The minimum Gasteiger partial charge on any atom is -0.504 e. The standard InChI is InChI=1S/C29H25BrCl2N2O6/c1-2-40-20-10-6-9-18(23(20)35)22-16-11-12-17-21(25(37)34(24(17)36)15-7-4-3-5-8-15)19(16)13-28(31)26(38)33(14-30)27(39)29(22,28)32/h3-11,17,19,21-22,35H,2,12-14H2,1H3. The molecule has 6 atom stereocenters. The monoisotopic (exact) mass is 646 g/mol. The molecule has 2 aliphatic carbocycles. The normalized spacial score (nSPS) is 33.0. The van der Waals surface area contributed by atoms with E-state index >= 15 is 0 Å². The molecule has 3 fully saturated rings. The number of amides is 4. The van der Waals surface area contributed by atoms with Crippen LogP contribution in [0, 0.1) is 17.8 Å². The first-order chi connectivity index (χ1) is 19.1. The van der Waals surface area contributed by atoms with Gasteiger partial charge in [-0.1, -0.05) is 57.9 Å². The van der Waals surface area contributed by atoms with E-state index in [1.807, 2.05) is 6.08 Å². The van der Waals surface area contributed by atoms with E-state index in [1.165, 1.54) is 4.90 Å². The quantitative estimate of drug-likeness (QED) is 0.218. The van der Waals surface area contributed by atoms with Gasteiger partial charge in [0.25, 0.3) is 11.8 Å².